The molecule has 2 aliphatic heterocycles. The predicted octanol–water partition coefficient (Wildman–Crippen LogP) is 3.81. The third-order valence-corrected chi connectivity index (χ3v) is 7.02. The molecule has 2 saturated heterocycles. The lowest BCUT2D eigenvalue weighted by molar-refractivity contribution is -0.123. The van der Waals surface area contributed by atoms with Gasteiger partial charge in [0.15, 0.2) is 0 Å². The van der Waals surface area contributed by atoms with E-state index < -0.39 is 0 Å². The fourth-order valence-electron chi connectivity index (χ4n) is 4.99. The Kier molecular flexibility index (Phi) is 8.62. The van der Waals surface area contributed by atoms with Gasteiger partial charge in [0.25, 0.3) is 0 Å². The van der Waals surface area contributed by atoms with Crippen molar-refractivity contribution in [1.29, 1.82) is 0 Å². The number of likely N-dealkylation sites (tertiary alicyclic amines) is 1. The van der Waals surface area contributed by atoms with E-state index in [1.54, 1.807) is 0 Å². The number of nitrogens with one attached hydrogen (secondary N) is 2. The quantitative estimate of drug-likeness (QED) is 0.750. The Morgan fingerprint density at radius 3 is 2.46 bits per heavy atom. The zero-order valence-corrected chi connectivity index (χ0v) is 18.5. The third kappa shape index (κ3) is 5.21. The highest BCUT2D eigenvalue weighted by atomic mass is 35.5. The van der Waals surface area contributed by atoms with Crippen molar-refractivity contribution in [3.63, 3.8) is 0 Å². The average molecular weight is 428 g/mol. The first-order chi connectivity index (χ1) is 12.7. The summed E-state index contributed by atoms with van der Waals surface area (Å²) in [5, 5.41) is 6.74. The first-order valence-electron chi connectivity index (χ1n) is 10.5. The van der Waals surface area contributed by atoms with Crippen LogP contribution in [0.15, 0.2) is 30.3 Å². The van der Waals surface area contributed by atoms with Crippen LogP contribution < -0.4 is 10.6 Å². The van der Waals surface area contributed by atoms with Gasteiger partial charge in [0.05, 0.1) is 6.04 Å². The molecule has 2 unspecified atom stereocenters. The fraction of sp³-hybridized carbons (Fsp3) is 0.682. The number of carbonyl (C=O) groups is 1. The lowest BCUT2D eigenvalue weighted by atomic mass is 9.91. The van der Waals surface area contributed by atoms with Gasteiger partial charge in [-0.05, 0) is 75.2 Å². The number of halogens is 2. The molecule has 1 amide bonds. The summed E-state index contributed by atoms with van der Waals surface area (Å²) in [7, 11) is 0. The van der Waals surface area contributed by atoms with Crippen molar-refractivity contribution in [2.75, 3.05) is 32.7 Å². The van der Waals surface area contributed by atoms with Gasteiger partial charge < -0.3 is 10.6 Å². The standard InChI is InChI=1S/C22H33N3O.2ClH/c1-17-7-13-25(14-8-17)20(18-5-3-2-4-6-18)16-24-21(26)19-15-22(19)9-11-23-12-10-22;;/h2-6,17,19-20,23H,7-16H2,1H3,(H,24,26);2*1H. The molecule has 0 bridgehead atoms. The normalized spacial score (nSPS) is 25.2. The summed E-state index contributed by atoms with van der Waals surface area (Å²) in [5.74, 6) is 1.36. The molecule has 1 spiro atoms. The Balaban J connectivity index is 0.00000140. The monoisotopic (exact) mass is 427 g/mol. The number of amides is 1. The summed E-state index contributed by atoms with van der Waals surface area (Å²) in [6.07, 6.45) is 5.94. The number of hydrogen-bond donors (Lipinski definition) is 2. The highest BCUT2D eigenvalue weighted by molar-refractivity contribution is 5.85. The molecule has 3 fully saturated rings. The molecule has 158 valence electrons. The number of rotatable bonds is 5. The van der Waals surface area contributed by atoms with Crippen molar-refractivity contribution in [2.45, 2.75) is 45.1 Å². The van der Waals surface area contributed by atoms with Crippen molar-refractivity contribution in [2.24, 2.45) is 17.3 Å². The van der Waals surface area contributed by atoms with E-state index in [2.05, 4.69) is 52.8 Å². The summed E-state index contributed by atoms with van der Waals surface area (Å²) < 4.78 is 0. The second kappa shape index (κ2) is 10.3. The van der Waals surface area contributed by atoms with Gasteiger partial charge >= 0.3 is 0 Å². The second-order valence-corrected chi connectivity index (χ2v) is 8.76. The van der Waals surface area contributed by atoms with E-state index in [9.17, 15) is 4.79 Å². The maximum absolute atomic E-state index is 12.8. The van der Waals surface area contributed by atoms with Crippen LogP contribution in [0.3, 0.4) is 0 Å². The van der Waals surface area contributed by atoms with E-state index in [1.807, 2.05) is 0 Å². The van der Waals surface area contributed by atoms with Crippen molar-refractivity contribution >= 4 is 30.7 Å². The number of carbonyl (C=O) groups excluding carboxylic acids is 1. The van der Waals surface area contributed by atoms with E-state index >= 15 is 0 Å². The molecule has 0 radical (unpaired) electrons. The SMILES string of the molecule is CC1CCN(C(CNC(=O)C2CC23CCNCC3)c2ccccc2)CC1.Cl.Cl. The van der Waals surface area contributed by atoms with Gasteiger partial charge in [0.2, 0.25) is 5.91 Å². The molecule has 2 atom stereocenters. The largest absolute Gasteiger partial charge is 0.354 e. The van der Waals surface area contributed by atoms with Crippen molar-refractivity contribution in [3.8, 4) is 0 Å². The molecule has 4 nitrogen and oxygen atoms in total. The maximum atomic E-state index is 12.8. The molecule has 2 N–H and O–H groups in total. The number of benzene rings is 1. The Hall–Kier alpha value is -0.810. The summed E-state index contributed by atoms with van der Waals surface area (Å²) in [4.78, 5) is 15.4. The summed E-state index contributed by atoms with van der Waals surface area (Å²) in [5.41, 5.74) is 1.65. The minimum atomic E-state index is 0. The summed E-state index contributed by atoms with van der Waals surface area (Å²) in [6.45, 7) is 7.50. The molecular formula is C22H35Cl2N3O. The first kappa shape index (κ1) is 23.5. The molecule has 1 aliphatic carbocycles. The van der Waals surface area contributed by atoms with Gasteiger partial charge in [0.1, 0.15) is 0 Å². The number of nitrogens with zero attached hydrogens (tertiary/aromatic N) is 1. The minimum absolute atomic E-state index is 0. The van der Waals surface area contributed by atoms with Crippen molar-refractivity contribution in [3.05, 3.63) is 35.9 Å². The van der Waals surface area contributed by atoms with E-state index in [0.29, 0.717) is 17.4 Å². The van der Waals surface area contributed by atoms with Gasteiger partial charge in [-0.2, -0.15) is 0 Å². The molecule has 6 heteroatoms. The Morgan fingerprint density at radius 2 is 1.82 bits per heavy atom. The minimum Gasteiger partial charge on any atom is -0.354 e. The summed E-state index contributed by atoms with van der Waals surface area (Å²) >= 11 is 0. The van der Waals surface area contributed by atoms with Crippen LogP contribution in [-0.4, -0.2) is 43.5 Å². The van der Waals surface area contributed by atoms with Crippen LogP contribution in [0.4, 0.5) is 0 Å². The van der Waals surface area contributed by atoms with Crippen LogP contribution >= 0.6 is 24.8 Å². The molecule has 0 aromatic heterocycles. The lowest BCUT2D eigenvalue weighted by Gasteiger charge is -2.37. The Morgan fingerprint density at radius 1 is 1.18 bits per heavy atom. The van der Waals surface area contributed by atoms with Gasteiger partial charge in [0, 0.05) is 12.5 Å². The Bertz CT molecular complexity index is 613. The highest BCUT2D eigenvalue weighted by Gasteiger charge is 2.57. The fourth-order valence-corrected chi connectivity index (χ4v) is 4.99. The van der Waals surface area contributed by atoms with Gasteiger partial charge in [-0.15, -0.1) is 24.8 Å². The second-order valence-electron chi connectivity index (χ2n) is 8.76. The Labute approximate surface area is 182 Å². The van der Waals surface area contributed by atoms with Gasteiger partial charge in [-0.3, -0.25) is 9.69 Å². The zero-order chi connectivity index (χ0) is 18.0. The number of hydrogen-bond acceptors (Lipinski definition) is 3. The first-order valence-corrected chi connectivity index (χ1v) is 10.5. The van der Waals surface area contributed by atoms with Gasteiger partial charge in [-0.1, -0.05) is 37.3 Å². The van der Waals surface area contributed by atoms with Crippen LogP contribution in [0.1, 0.15) is 50.6 Å². The molecular weight excluding hydrogens is 393 g/mol. The van der Waals surface area contributed by atoms with Crippen LogP contribution in [0, 0.1) is 17.3 Å². The van der Waals surface area contributed by atoms with Crippen LogP contribution in [-0.2, 0) is 4.79 Å². The molecule has 1 saturated carbocycles. The third-order valence-electron chi connectivity index (χ3n) is 7.02. The lowest BCUT2D eigenvalue weighted by Crippen LogP contribution is -2.42. The molecule has 1 aromatic rings. The smallest absolute Gasteiger partial charge is 0.223 e. The van der Waals surface area contributed by atoms with Crippen molar-refractivity contribution < 1.29 is 4.79 Å². The van der Waals surface area contributed by atoms with Crippen LogP contribution in [0.5, 0.6) is 0 Å². The van der Waals surface area contributed by atoms with Crippen LogP contribution in [0.2, 0.25) is 0 Å². The molecule has 4 rings (SSSR count). The summed E-state index contributed by atoms with van der Waals surface area (Å²) in [6, 6.07) is 11.0. The number of piperidine rings is 2. The topological polar surface area (TPSA) is 44.4 Å². The molecule has 3 aliphatic rings. The zero-order valence-electron chi connectivity index (χ0n) is 16.9. The average Bonchev–Trinajstić information content (AvgIpc) is 3.37. The highest BCUT2D eigenvalue weighted by Crippen LogP contribution is 2.58. The van der Waals surface area contributed by atoms with Crippen LogP contribution in [0.25, 0.3) is 0 Å². The van der Waals surface area contributed by atoms with E-state index in [-0.39, 0.29) is 30.7 Å². The predicted molar refractivity (Wildman–Crippen MR) is 119 cm³/mol. The maximum Gasteiger partial charge on any atom is 0.223 e. The molecule has 28 heavy (non-hydrogen) atoms. The van der Waals surface area contributed by atoms with E-state index in [4.69, 9.17) is 0 Å². The van der Waals surface area contributed by atoms with Gasteiger partial charge in [-0.25, -0.2) is 0 Å². The molecule has 2 heterocycles. The van der Waals surface area contributed by atoms with E-state index in [1.165, 1.54) is 18.4 Å². The van der Waals surface area contributed by atoms with E-state index in [0.717, 1.165) is 57.9 Å². The molecule has 1 aromatic carbocycles. The van der Waals surface area contributed by atoms with Crippen molar-refractivity contribution in [1.82, 2.24) is 15.5 Å².